The molecule has 3 nitrogen and oxygen atoms in total. The predicted molar refractivity (Wildman–Crippen MR) is 86.1 cm³/mol. The lowest BCUT2D eigenvalue weighted by molar-refractivity contribution is -0.103. The van der Waals surface area contributed by atoms with Crippen molar-refractivity contribution >= 4 is 5.69 Å². The third-order valence-electron chi connectivity index (χ3n) is 4.97. The van der Waals surface area contributed by atoms with Gasteiger partial charge in [0.15, 0.2) is 0 Å². The van der Waals surface area contributed by atoms with Crippen LogP contribution >= 0.6 is 0 Å². The summed E-state index contributed by atoms with van der Waals surface area (Å²) >= 11 is 0. The van der Waals surface area contributed by atoms with Crippen LogP contribution in [-0.4, -0.2) is 25.4 Å². The molecule has 3 heteroatoms. The number of hydrogen-bond donors (Lipinski definition) is 1. The molecule has 116 valence electrons. The van der Waals surface area contributed by atoms with Gasteiger partial charge in [0.05, 0.1) is 18.4 Å². The first kappa shape index (κ1) is 14.7. The first-order valence-corrected chi connectivity index (χ1v) is 8.26. The van der Waals surface area contributed by atoms with Crippen LogP contribution in [0, 0.1) is 6.92 Å². The molecule has 0 aromatic heterocycles. The fourth-order valence-corrected chi connectivity index (χ4v) is 3.85. The van der Waals surface area contributed by atoms with E-state index in [9.17, 15) is 0 Å². The summed E-state index contributed by atoms with van der Waals surface area (Å²) in [6.45, 7) is 3.00. The van der Waals surface area contributed by atoms with Crippen molar-refractivity contribution in [2.75, 3.05) is 19.0 Å². The van der Waals surface area contributed by atoms with Crippen molar-refractivity contribution in [1.82, 2.24) is 0 Å². The Balaban J connectivity index is 1.71. The van der Waals surface area contributed by atoms with Crippen LogP contribution in [0.2, 0.25) is 0 Å². The van der Waals surface area contributed by atoms with Crippen LogP contribution in [-0.2, 0) is 4.74 Å². The maximum atomic E-state index is 6.18. The molecule has 3 rings (SSSR count). The second-order valence-electron chi connectivity index (χ2n) is 6.63. The Labute approximate surface area is 128 Å². The van der Waals surface area contributed by atoms with E-state index in [-0.39, 0.29) is 5.60 Å². The topological polar surface area (TPSA) is 30.5 Å². The molecule has 0 bridgehead atoms. The van der Waals surface area contributed by atoms with Gasteiger partial charge < -0.3 is 14.8 Å². The van der Waals surface area contributed by atoms with E-state index in [0.29, 0.717) is 6.04 Å². The van der Waals surface area contributed by atoms with E-state index in [2.05, 4.69) is 24.4 Å². The summed E-state index contributed by atoms with van der Waals surface area (Å²) < 4.78 is 11.7. The van der Waals surface area contributed by atoms with Crippen molar-refractivity contribution in [3.05, 3.63) is 23.8 Å². The smallest absolute Gasteiger partial charge is 0.141 e. The van der Waals surface area contributed by atoms with Crippen molar-refractivity contribution in [2.45, 2.75) is 63.5 Å². The largest absolute Gasteiger partial charge is 0.495 e. The zero-order chi connectivity index (χ0) is 14.7. The molecule has 1 spiro atoms. The van der Waals surface area contributed by atoms with Crippen LogP contribution in [0.3, 0.4) is 0 Å². The molecule has 0 radical (unpaired) electrons. The van der Waals surface area contributed by atoms with E-state index < -0.39 is 0 Å². The molecule has 2 fully saturated rings. The highest BCUT2D eigenvalue weighted by atomic mass is 16.5. The van der Waals surface area contributed by atoms with Crippen LogP contribution in [0.1, 0.15) is 50.5 Å². The maximum absolute atomic E-state index is 6.18. The Hall–Kier alpha value is -1.22. The van der Waals surface area contributed by atoms with Crippen LogP contribution in [0.5, 0.6) is 5.75 Å². The first-order chi connectivity index (χ1) is 10.2. The zero-order valence-corrected chi connectivity index (χ0v) is 13.3. The highest BCUT2D eigenvalue weighted by Gasteiger charge is 2.38. The Morgan fingerprint density at radius 1 is 1.24 bits per heavy atom. The predicted octanol–water partition coefficient (Wildman–Crippen LogP) is 4.30. The van der Waals surface area contributed by atoms with Crippen LogP contribution in [0.25, 0.3) is 0 Å². The highest BCUT2D eigenvalue weighted by molar-refractivity contribution is 5.58. The molecule has 1 unspecified atom stereocenters. The van der Waals surface area contributed by atoms with Crippen molar-refractivity contribution < 1.29 is 9.47 Å². The standard InChI is InChI=1S/C18H27NO2/c1-14-6-7-17(20-2)16(12-14)19-15-8-11-21-18(13-15)9-4-3-5-10-18/h6-7,12,15,19H,3-5,8-11,13H2,1-2H3. The van der Waals surface area contributed by atoms with E-state index >= 15 is 0 Å². The molecule has 1 aromatic rings. The summed E-state index contributed by atoms with van der Waals surface area (Å²) in [6.07, 6.45) is 8.69. The molecule has 2 aliphatic rings. The van der Waals surface area contributed by atoms with Crippen LogP contribution in [0.4, 0.5) is 5.69 Å². The van der Waals surface area contributed by atoms with Gasteiger partial charge in [-0.25, -0.2) is 0 Å². The van der Waals surface area contributed by atoms with Gasteiger partial charge in [-0.3, -0.25) is 0 Å². The van der Waals surface area contributed by atoms with Crippen LogP contribution < -0.4 is 10.1 Å². The van der Waals surface area contributed by atoms with Gasteiger partial charge in [0.1, 0.15) is 5.75 Å². The number of anilines is 1. The molecule has 1 aliphatic heterocycles. The normalized spacial score (nSPS) is 24.8. The van der Waals surface area contributed by atoms with Gasteiger partial charge in [-0.2, -0.15) is 0 Å². The summed E-state index contributed by atoms with van der Waals surface area (Å²) in [6, 6.07) is 6.82. The Bertz CT molecular complexity index is 475. The summed E-state index contributed by atoms with van der Waals surface area (Å²) in [7, 11) is 1.74. The average Bonchev–Trinajstić information content (AvgIpc) is 2.48. The number of rotatable bonds is 3. The molecule has 1 atom stereocenters. The van der Waals surface area contributed by atoms with Gasteiger partial charge in [0.2, 0.25) is 0 Å². The second-order valence-corrected chi connectivity index (χ2v) is 6.63. The van der Waals surface area contributed by atoms with E-state index in [4.69, 9.17) is 9.47 Å². The average molecular weight is 289 g/mol. The van der Waals surface area contributed by atoms with Crippen molar-refractivity contribution in [3.63, 3.8) is 0 Å². The van der Waals surface area contributed by atoms with E-state index in [1.54, 1.807) is 7.11 Å². The number of ether oxygens (including phenoxy) is 2. The minimum atomic E-state index is 0.144. The lowest BCUT2D eigenvalue weighted by Crippen LogP contribution is -2.45. The number of hydrogen-bond acceptors (Lipinski definition) is 3. The van der Waals surface area contributed by atoms with Crippen molar-refractivity contribution in [2.24, 2.45) is 0 Å². The SMILES string of the molecule is COc1ccc(C)cc1NC1CCOC2(CCCCC2)C1. The summed E-state index contributed by atoms with van der Waals surface area (Å²) in [5.41, 5.74) is 2.53. The molecule has 21 heavy (non-hydrogen) atoms. The molecule has 1 heterocycles. The Morgan fingerprint density at radius 3 is 2.81 bits per heavy atom. The fourth-order valence-electron chi connectivity index (χ4n) is 3.85. The van der Waals surface area contributed by atoms with E-state index in [1.807, 2.05) is 6.07 Å². The van der Waals surface area contributed by atoms with Crippen molar-refractivity contribution in [3.8, 4) is 5.75 Å². The van der Waals surface area contributed by atoms with Gasteiger partial charge in [0, 0.05) is 12.6 Å². The first-order valence-electron chi connectivity index (χ1n) is 8.26. The molecule has 1 aliphatic carbocycles. The maximum Gasteiger partial charge on any atom is 0.141 e. The van der Waals surface area contributed by atoms with Crippen molar-refractivity contribution in [1.29, 1.82) is 0 Å². The lowest BCUT2D eigenvalue weighted by atomic mass is 9.78. The molecule has 1 N–H and O–H groups in total. The van der Waals surface area contributed by atoms with Crippen LogP contribution in [0.15, 0.2) is 18.2 Å². The summed E-state index contributed by atoms with van der Waals surface area (Å²) in [5, 5.41) is 3.71. The molecule has 1 saturated heterocycles. The minimum absolute atomic E-state index is 0.144. The highest BCUT2D eigenvalue weighted by Crippen LogP contribution is 2.40. The summed E-state index contributed by atoms with van der Waals surface area (Å²) in [5.74, 6) is 0.935. The van der Waals surface area contributed by atoms with Gasteiger partial charge in [-0.15, -0.1) is 0 Å². The summed E-state index contributed by atoms with van der Waals surface area (Å²) in [4.78, 5) is 0. The Kier molecular flexibility index (Phi) is 4.39. The molecule has 1 saturated carbocycles. The number of nitrogens with one attached hydrogen (secondary N) is 1. The molecular formula is C18H27NO2. The van der Waals surface area contributed by atoms with Gasteiger partial charge in [-0.05, 0) is 50.3 Å². The van der Waals surface area contributed by atoms with Gasteiger partial charge in [0.25, 0.3) is 0 Å². The number of methoxy groups -OCH3 is 1. The third kappa shape index (κ3) is 3.34. The van der Waals surface area contributed by atoms with Gasteiger partial charge >= 0.3 is 0 Å². The monoisotopic (exact) mass is 289 g/mol. The third-order valence-corrected chi connectivity index (χ3v) is 4.97. The van der Waals surface area contributed by atoms with Gasteiger partial charge in [-0.1, -0.05) is 25.3 Å². The molecule has 0 amide bonds. The lowest BCUT2D eigenvalue weighted by Gasteiger charge is -2.44. The fraction of sp³-hybridized carbons (Fsp3) is 0.667. The quantitative estimate of drug-likeness (QED) is 0.900. The molecular weight excluding hydrogens is 262 g/mol. The number of benzene rings is 1. The zero-order valence-electron chi connectivity index (χ0n) is 13.3. The Morgan fingerprint density at radius 2 is 2.05 bits per heavy atom. The van der Waals surface area contributed by atoms with E-state index in [0.717, 1.165) is 30.9 Å². The minimum Gasteiger partial charge on any atom is -0.495 e. The van der Waals surface area contributed by atoms with E-state index in [1.165, 1.54) is 37.7 Å². The number of aryl methyl sites for hydroxylation is 1. The second kappa shape index (κ2) is 6.27. The molecule has 1 aromatic carbocycles.